The molecule has 3 rings (SSSR count). The highest BCUT2D eigenvalue weighted by atomic mass is 32.1. The molecule has 0 aliphatic carbocycles. The Morgan fingerprint density at radius 1 is 1.11 bits per heavy atom. The molecule has 0 aliphatic heterocycles. The lowest BCUT2D eigenvalue weighted by Gasteiger charge is -2.08. The van der Waals surface area contributed by atoms with Crippen molar-refractivity contribution in [2.75, 3.05) is 21.3 Å². The molecule has 0 atom stereocenters. The summed E-state index contributed by atoms with van der Waals surface area (Å²) in [5.41, 5.74) is 2.14. The number of fused-ring (bicyclic) bond motifs is 1. The van der Waals surface area contributed by atoms with E-state index < -0.39 is 11.9 Å². The first-order valence-corrected chi connectivity index (χ1v) is 9.27. The second-order valence-electron chi connectivity index (χ2n) is 5.95. The third-order valence-corrected chi connectivity index (χ3v) is 5.30. The topological polar surface area (TPSA) is 79.1 Å². The summed E-state index contributed by atoms with van der Waals surface area (Å²) in [7, 11) is 4.34. The zero-order valence-corrected chi connectivity index (χ0v) is 16.8. The number of carbonyl (C=O) groups excluding carboxylic acids is 2. The van der Waals surface area contributed by atoms with Crippen LogP contribution < -0.4 is 14.3 Å². The van der Waals surface area contributed by atoms with E-state index in [2.05, 4.69) is 4.99 Å². The number of nitrogens with zero attached hydrogens (tertiary/aromatic N) is 2. The molecule has 1 amide bonds. The maximum Gasteiger partial charge on any atom is 0.325 e. The second kappa shape index (κ2) is 8.26. The highest BCUT2D eigenvalue weighted by molar-refractivity contribution is 7.16. The van der Waals surface area contributed by atoms with E-state index in [9.17, 15) is 9.59 Å². The van der Waals surface area contributed by atoms with Crippen molar-refractivity contribution < 1.29 is 23.8 Å². The van der Waals surface area contributed by atoms with E-state index in [1.165, 1.54) is 32.7 Å². The number of ether oxygens (including phenoxy) is 3. The molecule has 8 heteroatoms. The Balaban J connectivity index is 2.16. The first kappa shape index (κ1) is 19.6. The predicted octanol–water partition coefficient (Wildman–Crippen LogP) is 2.94. The van der Waals surface area contributed by atoms with E-state index in [1.807, 2.05) is 25.1 Å². The quantitative estimate of drug-likeness (QED) is 0.615. The number of thiazole rings is 1. The minimum Gasteiger partial charge on any atom is -0.497 e. The molecule has 0 saturated heterocycles. The molecule has 0 N–H and O–H groups in total. The van der Waals surface area contributed by atoms with Crippen molar-refractivity contribution in [1.82, 2.24) is 4.57 Å². The highest BCUT2D eigenvalue weighted by Crippen LogP contribution is 2.26. The maximum atomic E-state index is 12.9. The van der Waals surface area contributed by atoms with E-state index in [4.69, 9.17) is 14.2 Å². The molecule has 146 valence electrons. The lowest BCUT2D eigenvalue weighted by Crippen LogP contribution is -2.22. The minimum absolute atomic E-state index is 0.0345. The van der Waals surface area contributed by atoms with Crippen molar-refractivity contribution in [1.29, 1.82) is 0 Å². The van der Waals surface area contributed by atoms with Crippen LogP contribution in [-0.4, -0.2) is 37.8 Å². The van der Waals surface area contributed by atoms with Gasteiger partial charge in [-0.05, 0) is 30.7 Å². The average molecular weight is 400 g/mol. The summed E-state index contributed by atoms with van der Waals surface area (Å²) in [5.74, 6) is 0.0535. The van der Waals surface area contributed by atoms with E-state index in [0.717, 1.165) is 15.8 Å². The Hall–Kier alpha value is -3.13. The van der Waals surface area contributed by atoms with Gasteiger partial charge in [-0.1, -0.05) is 23.5 Å². The minimum atomic E-state index is -0.470. The Morgan fingerprint density at radius 3 is 2.57 bits per heavy atom. The number of rotatable bonds is 5. The number of carbonyl (C=O) groups is 2. The number of hydrogen-bond donors (Lipinski definition) is 0. The highest BCUT2D eigenvalue weighted by Gasteiger charge is 2.16. The number of amides is 1. The predicted molar refractivity (Wildman–Crippen MR) is 106 cm³/mol. The molecule has 28 heavy (non-hydrogen) atoms. The van der Waals surface area contributed by atoms with E-state index in [-0.39, 0.29) is 6.54 Å². The van der Waals surface area contributed by atoms with Gasteiger partial charge in [0.2, 0.25) is 0 Å². The molecule has 0 unspecified atom stereocenters. The van der Waals surface area contributed by atoms with Crippen molar-refractivity contribution in [3.05, 3.63) is 52.3 Å². The summed E-state index contributed by atoms with van der Waals surface area (Å²) < 4.78 is 17.9. The molecular formula is C20H20N2O5S. The third-order valence-electron chi connectivity index (χ3n) is 4.25. The summed E-state index contributed by atoms with van der Waals surface area (Å²) in [5, 5.41) is 0. The normalized spacial score (nSPS) is 11.5. The van der Waals surface area contributed by atoms with E-state index in [0.29, 0.717) is 21.9 Å². The van der Waals surface area contributed by atoms with Gasteiger partial charge in [-0.2, -0.15) is 4.99 Å². The first-order valence-electron chi connectivity index (χ1n) is 8.45. The van der Waals surface area contributed by atoms with Crippen molar-refractivity contribution in [3.63, 3.8) is 0 Å². The molecule has 7 nitrogen and oxygen atoms in total. The lowest BCUT2D eigenvalue weighted by atomic mass is 10.2. The van der Waals surface area contributed by atoms with Crippen LogP contribution in [0.3, 0.4) is 0 Å². The smallest absolute Gasteiger partial charge is 0.325 e. The van der Waals surface area contributed by atoms with E-state index >= 15 is 0 Å². The summed E-state index contributed by atoms with van der Waals surface area (Å²) >= 11 is 1.34. The van der Waals surface area contributed by atoms with Crippen molar-refractivity contribution in [2.24, 2.45) is 4.99 Å². The lowest BCUT2D eigenvalue weighted by molar-refractivity contribution is -0.141. The number of hydrogen-bond acceptors (Lipinski definition) is 6. The van der Waals surface area contributed by atoms with Crippen LogP contribution in [-0.2, 0) is 16.1 Å². The van der Waals surface area contributed by atoms with Crippen LogP contribution in [0.15, 0.2) is 41.4 Å². The third kappa shape index (κ3) is 3.77. The van der Waals surface area contributed by atoms with Gasteiger partial charge in [0.25, 0.3) is 5.91 Å². The molecule has 0 spiro atoms. The number of aryl methyl sites for hydroxylation is 1. The monoisotopic (exact) mass is 400 g/mol. The Morgan fingerprint density at radius 2 is 1.89 bits per heavy atom. The summed E-state index contributed by atoms with van der Waals surface area (Å²) in [6.07, 6.45) is 0. The molecule has 2 aromatic carbocycles. The van der Waals surface area contributed by atoms with Gasteiger partial charge in [-0.25, -0.2) is 0 Å². The van der Waals surface area contributed by atoms with Crippen molar-refractivity contribution >= 4 is 33.4 Å². The molecule has 3 aromatic rings. The molecular weight excluding hydrogens is 380 g/mol. The van der Waals surface area contributed by atoms with Gasteiger partial charge in [0.1, 0.15) is 18.0 Å². The number of methoxy groups -OCH3 is 3. The van der Waals surface area contributed by atoms with Crippen molar-refractivity contribution in [2.45, 2.75) is 13.5 Å². The molecule has 0 radical (unpaired) electrons. The summed E-state index contributed by atoms with van der Waals surface area (Å²) in [6, 6.07) is 10.7. The van der Waals surface area contributed by atoms with Gasteiger partial charge in [0, 0.05) is 6.07 Å². The number of esters is 1. The van der Waals surface area contributed by atoms with Crippen LogP contribution in [0, 0.1) is 6.92 Å². The van der Waals surface area contributed by atoms with Gasteiger partial charge in [0.15, 0.2) is 4.80 Å². The van der Waals surface area contributed by atoms with Crippen molar-refractivity contribution in [3.8, 4) is 11.5 Å². The number of para-hydroxylation sites is 1. The molecule has 0 aliphatic rings. The standard InChI is InChI=1S/C20H20N2O5S/c1-12-6-5-7-16-18(12)22(11-17(23)27-4)20(28-16)21-19(24)14-9-8-13(25-2)10-15(14)26-3/h5-10H,11H2,1-4H3. The Labute approximate surface area is 165 Å². The molecule has 1 aromatic heterocycles. The Kier molecular flexibility index (Phi) is 5.79. The van der Waals surface area contributed by atoms with Gasteiger partial charge < -0.3 is 18.8 Å². The molecule has 0 saturated carbocycles. The zero-order valence-electron chi connectivity index (χ0n) is 16.0. The van der Waals surface area contributed by atoms with Crippen LogP contribution >= 0.6 is 11.3 Å². The summed E-state index contributed by atoms with van der Waals surface area (Å²) in [6.45, 7) is 1.91. The largest absolute Gasteiger partial charge is 0.497 e. The average Bonchev–Trinajstić information content (AvgIpc) is 3.05. The van der Waals surface area contributed by atoms with Crippen LogP contribution in [0.2, 0.25) is 0 Å². The van der Waals surface area contributed by atoms with Crippen LogP contribution in [0.5, 0.6) is 11.5 Å². The fourth-order valence-electron chi connectivity index (χ4n) is 2.86. The first-order chi connectivity index (χ1) is 13.5. The van der Waals surface area contributed by atoms with Gasteiger partial charge in [0.05, 0.1) is 37.1 Å². The number of aromatic nitrogens is 1. The van der Waals surface area contributed by atoms with Gasteiger partial charge >= 0.3 is 5.97 Å². The van der Waals surface area contributed by atoms with Gasteiger partial charge in [-0.15, -0.1) is 0 Å². The maximum absolute atomic E-state index is 12.9. The molecule has 1 heterocycles. The van der Waals surface area contributed by atoms with Gasteiger partial charge in [-0.3, -0.25) is 9.59 Å². The number of benzene rings is 2. The zero-order chi connectivity index (χ0) is 20.3. The SMILES string of the molecule is COC(=O)Cn1c(=NC(=O)c2ccc(OC)cc2OC)sc2cccc(C)c21. The summed E-state index contributed by atoms with van der Waals surface area (Å²) in [4.78, 5) is 29.5. The fraction of sp³-hybridized carbons (Fsp3) is 0.250. The Bertz CT molecular complexity index is 1110. The fourth-order valence-corrected chi connectivity index (χ4v) is 3.96. The molecule has 0 bridgehead atoms. The van der Waals surface area contributed by atoms with Crippen LogP contribution in [0.4, 0.5) is 0 Å². The van der Waals surface area contributed by atoms with Crippen LogP contribution in [0.1, 0.15) is 15.9 Å². The second-order valence-corrected chi connectivity index (χ2v) is 6.96. The van der Waals surface area contributed by atoms with Crippen LogP contribution in [0.25, 0.3) is 10.2 Å². The molecule has 0 fully saturated rings. The van der Waals surface area contributed by atoms with E-state index in [1.54, 1.807) is 22.8 Å².